The van der Waals surface area contributed by atoms with Crippen molar-refractivity contribution >= 4 is 42.7 Å². The molecule has 3 aromatic carbocycles. The second-order valence-corrected chi connectivity index (χ2v) is 11.6. The molecule has 0 spiro atoms. The fourth-order valence-electron chi connectivity index (χ4n) is 3.88. The van der Waals surface area contributed by atoms with Crippen molar-refractivity contribution in [1.82, 2.24) is 9.29 Å². The number of benzene rings is 3. The summed E-state index contributed by atoms with van der Waals surface area (Å²) >= 11 is 0. The highest BCUT2D eigenvalue weighted by molar-refractivity contribution is 7.90. The van der Waals surface area contributed by atoms with Crippen LogP contribution in [-0.4, -0.2) is 26.7 Å². The first-order chi connectivity index (χ1) is 16.6. The van der Waals surface area contributed by atoms with Crippen LogP contribution in [-0.2, 0) is 24.3 Å². The summed E-state index contributed by atoms with van der Waals surface area (Å²) in [4.78, 5) is 12.7. The van der Waals surface area contributed by atoms with Gasteiger partial charge < -0.3 is 9.50 Å². The molecule has 10 heteroatoms. The first-order valence-electron chi connectivity index (χ1n) is 10.6. The monoisotopic (exact) mass is 508 g/mol. The molecule has 2 heterocycles. The Morgan fingerprint density at radius 2 is 1.37 bits per heavy atom. The Hall–Kier alpha value is -3.89. The number of amides is 1. The average molecular weight is 509 g/mol. The molecule has 1 aliphatic heterocycles. The van der Waals surface area contributed by atoms with E-state index < -0.39 is 26.0 Å². The lowest BCUT2D eigenvalue weighted by atomic mass is 10.1. The van der Waals surface area contributed by atoms with Crippen LogP contribution >= 0.6 is 0 Å². The van der Waals surface area contributed by atoms with Gasteiger partial charge in [0.15, 0.2) is 5.76 Å². The lowest BCUT2D eigenvalue weighted by molar-refractivity contribution is 0.0971. The van der Waals surface area contributed by atoms with Crippen molar-refractivity contribution in [2.45, 2.75) is 23.6 Å². The molecule has 0 atom stereocenters. The highest BCUT2D eigenvalue weighted by Gasteiger charge is 2.30. The van der Waals surface area contributed by atoms with Crippen LogP contribution in [0.1, 0.15) is 27.0 Å². The molecule has 0 saturated heterocycles. The van der Waals surface area contributed by atoms with Crippen molar-refractivity contribution in [3.8, 4) is 0 Å². The van der Waals surface area contributed by atoms with E-state index in [1.165, 1.54) is 36.5 Å². The first-order valence-corrected chi connectivity index (χ1v) is 13.4. The molecule has 1 aromatic heterocycles. The molecule has 1 aliphatic rings. The largest absolute Gasteiger partial charge is 0.377 e. The Bertz CT molecular complexity index is 1730. The lowest BCUT2D eigenvalue weighted by Crippen LogP contribution is -2.17. The summed E-state index contributed by atoms with van der Waals surface area (Å²) in [6.45, 7) is 3.67. The summed E-state index contributed by atoms with van der Waals surface area (Å²) in [6, 6.07) is 17.1. The van der Waals surface area contributed by atoms with Gasteiger partial charge in [-0.1, -0.05) is 41.5 Å². The van der Waals surface area contributed by atoms with Gasteiger partial charge in [-0.2, -0.15) is 8.42 Å². The molecule has 5 rings (SSSR count). The Kier molecular flexibility index (Phi) is 5.30. The van der Waals surface area contributed by atoms with Gasteiger partial charge >= 0.3 is 10.1 Å². The van der Waals surface area contributed by atoms with Gasteiger partial charge in [-0.05, 0) is 50.2 Å². The van der Waals surface area contributed by atoms with Crippen LogP contribution in [0.3, 0.4) is 0 Å². The van der Waals surface area contributed by atoms with Gasteiger partial charge in [0, 0.05) is 28.9 Å². The van der Waals surface area contributed by atoms with Crippen LogP contribution in [0.15, 0.2) is 88.9 Å². The average Bonchev–Trinajstić information content (AvgIpc) is 3.17. The Morgan fingerprint density at radius 1 is 0.771 bits per heavy atom. The van der Waals surface area contributed by atoms with Crippen molar-refractivity contribution in [3.63, 3.8) is 0 Å². The highest BCUT2D eigenvalue weighted by Crippen LogP contribution is 2.36. The van der Waals surface area contributed by atoms with E-state index in [0.717, 1.165) is 21.3 Å². The third-order valence-electron chi connectivity index (χ3n) is 5.73. The molecule has 35 heavy (non-hydrogen) atoms. The first kappa shape index (κ1) is 22.9. The second-order valence-electron chi connectivity index (χ2n) is 8.19. The van der Waals surface area contributed by atoms with E-state index in [1.807, 2.05) is 13.8 Å². The van der Waals surface area contributed by atoms with E-state index in [9.17, 15) is 21.6 Å². The van der Waals surface area contributed by atoms with Crippen molar-refractivity contribution in [1.29, 1.82) is 0 Å². The highest BCUT2D eigenvalue weighted by atomic mass is 32.2. The molecule has 4 aromatic rings. The van der Waals surface area contributed by atoms with Gasteiger partial charge in [0.1, 0.15) is 4.90 Å². The fraction of sp³-hybridized carbons (Fsp3) is 0.0800. The van der Waals surface area contributed by atoms with Crippen molar-refractivity contribution in [2.24, 2.45) is 0 Å². The maximum absolute atomic E-state index is 13.5. The van der Waals surface area contributed by atoms with Gasteiger partial charge in [-0.3, -0.25) is 4.79 Å². The minimum atomic E-state index is -4.27. The summed E-state index contributed by atoms with van der Waals surface area (Å²) < 4.78 is 59.5. The zero-order chi connectivity index (χ0) is 25.0. The standard InChI is InChI=1S/C25H20N2O6S2/c1-16-6-10-18(11-7-16)34(29,30)27-15-21-23(33-35(31,32)19-12-8-17(2)9-13-19)14-26-25(28)20-4-3-5-22(27)24(20)21/h3-15H,1-2H3,(H,26,28). The van der Waals surface area contributed by atoms with E-state index in [1.54, 1.807) is 36.4 Å². The molecular formula is C25H20N2O6S2. The van der Waals surface area contributed by atoms with Gasteiger partial charge in [0.2, 0.25) is 0 Å². The molecule has 178 valence electrons. The Balaban J connectivity index is 1.69. The van der Waals surface area contributed by atoms with Crippen LogP contribution in [0.5, 0.6) is 0 Å². The summed E-state index contributed by atoms with van der Waals surface area (Å²) in [5.74, 6) is -0.722. The molecule has 1 N–H and O–H groups in total. The van der Waals surface area contributed by atoms with E-state index >= 15 is 0 Å². The maximum atomic E-state index is 13.5. The zero-order valence-corrected chi connectivity index (χ0v) is 20.4. The minimum absolute atomic E-state index is 0.0530. The van der Waals surface area contributed by atoms with Gasteiger partial charge in [0.25, 0.3) is 15.9 Å². The van der Waals surface area contributed by atoms with Gasteiger partial charge in [0.05, 0.1) is 10.4 Å². The molecule has 0 saturated carbocycles. The third kappa shape index (κ3) is 3.90. The number of nitrogens with one attached hydrogen (secondary N) is 1. The molecule has 8 nitrogen and oxygen atoms in total. The number of hydrogen-bond acceptors (Lipinski definition) is 6. The number of carbonyl (C=O) groups excluding carboxylic acids is 1. The smallest absolute Gasteiger partial charge is 0.339 e. The third-order valence-corrected chi connectivity index (χ3v) is 8.66. The van der Waals surface area contributed by atoms with Crippen LogP contribution in [0, 0.1) is 13.8 Å². The summed E-state index contributed by atoms with van der Waals surface area (Å²) in [5, 5.41) is 2.78. The Labute approximate surface area is 202 Å². The molecule has 0 radical (unpaired) electrons. The number of rotatable bonds is 5. The number of aromatic nitrogens is 1. The number of nitrogens with zero attached hydrogens (tertiary/aromatic N) is 1. The second kappa shape index (κ2) is 8.10. The van der Waals surface area contributed by atoms with E-state index in [2.05, 4.69) is 5.32 Å². The van der Waals surface area contributed by atoms with Gasteiger partial charge in [-0.25, -0.2) is 12.4 Å². The van der Waals surface area contributed by atoms with Crippen molar-refractivity contribution < 1.29 is 25.8 Å². The maximum Gasteiger partial charge on any atom is 0.339 e. The normalized spacial score (nSPS) is 13.8. The van der Waals surface area contributed by atoms with Crippen molar-refractivity contribution in [2.75, 3.05) is 0 Å². The molecule has 0 bridgehead atoms. The quantitative estimate of drug-likeness (QED) is 0.409. The SMILES string of the molecule is Cc1ccc(S(=O)(=O)OC2=CNC(=O)c3cccc4c3c2cn4S(=O)(=O)c2ccc(C)cc2)cc1. The minimum Gasteiger partial charge on any atom is -0.377 e. The summed E-state index contributed by atoms with van der Waals surface area (Å²) in [6.07, 6.45) is 2.41. The fourth-order valence-corrected chi connectivity index (χ4v) is 6.19. The van der Waals surface area contributed by atoms with E-state index in [0.29, 0.717) is 0 Å². The zero-order valence-electron chi connectivity index (χ0n) is 18.7. The van der Waals surface area contributed by atoms with Crippen LogP contribution < -0.4 is 5.32 Å². The summed E-state index contributed by atoms with van der Waals surface area (Å²) in [5.41, 5.74) is 2.34. The topological polar surface area (TPSA) is 112 Å². The van der Waals surface area contributed by atoms with Gasteiger partial charge in [-0.15, -0.1) is 0 Å². The molecule has 0 aliphatic carbocycles. The van der Waals surface area contributed by atoms with E-state index in [4.69, 9.17) is 4.18 Å². The molecular weight excluding hydrogens is 488 g/mol. The predicted octanol–water partition coefficient (Wildman–Crippen LogP) is 3.94. The Morgan fingerprint density at radius 3 is 2.00 bits per heavy atom. The number of aryl methyl sites for hydroxylation is 2. The summed E-state index contributed by atoms with van der Waals surface area (Å²) in [7, 11) is -8.33. The van der Waals surface area contributed by atoms with Crippen LogP contribution in [0.2, 0.25) is 0 Å². The predicted molar refractivity (Wildman–Crippen MR) is 131 cm³/mol. The molecule has 0 unspecified atom stereocenters. The van der Waals surface area contributed by atoms with Crippen LogP contribution in [0.4, 0.5) is 0 Å². The lowest BCUT2D eigenvalue weighted by Gasteiger charge is -2.10. The van der Waals surface area contributed by atoms with Crippen molar-refractivity contribution in [3.05, 3.63) is 101 Å². The number of carbonyl (C=O) groups is 1. The molecule has 1 amide bonds. The molecule has 0 fully saturated rings. The van der Waals surface area contributed by atoms with Crippen LogP contribution in [0.25, 0.3) is 16.7 Å². The number of hydrogen-bond donors (Lipinski definition) is 1. The van der Waals surface area contributed by atoms with E-state index in [-0.39, 0.29) is 37.6 Å².